The first-order chi connectivity index (χ1) is 9.80. The zero-order valence-corrected chi connectivity index (χ0v) is 12.8. The molecule has 0 amide bonds. The molecule has 112 valence electrons. The van der Waals surface area contributed by atoms with Crippen LogP contribution in [0.4, 0.5) is 11.6 Å². The van der Waals surface area contributed by atoms with E-state index in [4.69, 9.17) is 4.74 Å². The quantitative estimate of drug-likeness (QED) is 0.803. The van der Waals surface area contributed by atoms with Crippen LogP contribution in [0.1, 0.15) is 45.1 Å². The Hall–Kier alpha value is -1.36. The highest BCUT2D eigenvalue weighted by atomic mass is 16.5. The summed E-state index contributed by atoms with van der Waals surface area (Å²) in [5, 5.41) is 6.94. The van der Waals surface area contributed by atoms with Crippen molar-refractivity contribution in [2.45, 2.75) is 58.1 Å². The van der Waals surface area contributed by atoms with Gasteiger partial charge in [-0.05, 0) is 32.1 Å². The Labute approximate surface area is 121 Å². The van der Waals surface area contributed by atoms with E-state index in [9.17, 15) is 0 Å². The van der Waals surface area contributed by atoms with Gasteiger partial charge in [-0.3, -0.25) is 0 Å². The van der Waals surface area contributed by atoms with Gasteiger partial charge in [0.15, 0.2) is 0 Å². The number of ether oxygens (including phenoxy) is 1. The Morgan fingerprint density at radius 2 is 2.05 bits per heavy atom. The fourth-order valence-electron chi connectivity index (χ4n) is 2.82. The van der Waals surface area contributed by atoms with Crippen molar-refractivity contribution in [1.29, 1.82) is 0 Å². The van der Waals surface area contributed by atoms with Crippen molar-refractivity contribution in [3.8, 4) is 0 Å². The number of hydrogen-bond donors (Lipinski definition) is 2. The lowest BCUT2D eigenvalue weighted by molar-refractivity contribution is 0.101. The van der Waals surface area contributed by atoms with Gasteiger partial charge in [-0.2, -0.15) is 0 Å². The molecular weight excluding hydrogens is 252 g/mol. The zero-order chi connectivity index (χ0) is 14.4. The van der Waals surface area contributed by atoms with Crippen LogP contribution in [0.15, 0.2) is 6.33 Å². The fraction of sp³-hybridized carbons (Fsp3) is 0.733. The van der Waals surface area contributed by atoms with Crippen molar-refractivity contribution in [3.05, 3.63) is 11.9 Å². The monoisotopic (exact) mass is 278 g/mol. The number of aromatic nitrogens is 2. The molecule has 1 heterocycles. The van der Waals surface area contributed by atoms with Gasteiger partial charge >= 0.3 is 0 Å². The highest BCUT2D eigenvalue weighted by molar-refractivity contribution is 5.57. The van der Waals surface area contributed by atoms with Gasteiger partial charge in [0.1, 0.15) is 18.0 Å². The average Bonchev–Trinajstić information content (AvgIpc) is 2.92. The molecule has 2 rings (SSSR count). The van der Waals surface area contributed by atoms with Gasteiger partial charge in [0.2, 0.25) is 0 Å². The van der Waals surface area contributed by atoms with E-state index in [1.54, 1.807) is 13.4 Å². The molecule has 0 saturated heterocycles. The van der Waals surface area contributed by atoms with E-state index in [2.05, 4.69) is 34.4 Å². The molecule has 0 spiro atoms. The van der Waals surface area contributed by atoms with Crippen LogP contribution in [0.2, 0.25) is 0 Å². The average molecular weight is 278 g/mol. The van der Waals surface area contributed by atoms with E-state index in [-0.39, 0.29) is 0 Å². The van der Waals surface area contributed by atoms with E-state index in [0.717, 1.165) is 43.9 Å². The highest BCUT2D eigenvalue weighted by Gasteiger charge is 2.28. The maximum absolute atomic E-state index is 5.54. The summed E-state index contributed by atoms with van der Waals surface area (Å²) in [4.78, 5) is 8.80. The van der Waals surface area contributed by atoms with Crippen LogP contribution in [0, 0.1) is 0 Å². The molecule has 1 aromatic heterocycles. The third-order valence-corrected chi connectivity index (χ3v) is 3.92. The van der Waals surface area contributed by atoms with Crippen LogP contribution in [0.3, 0.4) is 0 Å². The summed E-state index contributed by atoms with van der Waals surface area (Å²) < 4.78 is 5.54. The summed E-state index contributed by atoms with van der Waals surface area (Å²) in [7, 11) is 1.79. The van der Waals surface area contributed by atoms with Crippen molar-refractivity contribution in [1.82, 2.24) is 9.97 Å². The number of methoxy groups -OCH3 is 1. The third-order valence-electron chi connectivity index (χ3n) is 3.92. The Morgan fingerprint density at radius 1 is 1.25 bits per heavy atom. The van der Waals surface area contributed by atoms with Gasteiger partial charge in [-0.15, -0.1) is 0 Å². The minimum atomic E-state index is 0.293. The molecule has 5 nitrogen and oxygen atoms in total. The molecule has 1 aromatic rings. The first kappa shape index (κ1) is 15.0. The van der Waals surface area contributed by atoms with Crippen LogP contribution in [-0.4, -0.2) is 35.8 Å². The van der Waals surface area contributed by atoms with Crippen LogP contribution in [-0.2, 0) is 11.2 Å². The number of nitrogens with zero attached hydrogens (tertiary/aromatic N) is 2. The third kappa shape index (κ3) is 3.39. The SMILES string of the molecule is CCCNc1ncnc(NC2CCCC2OC)c1CC. The van der Waals surface area contributed by atoms with Gasteiger partial charge < -0.3 is 15.4 Å². The Bertz CT molecular complexity index is 424. The predicted octanol–water partition coefficient (Wildman–Crippen LogP) is 2.84. The summed E-state index contributed by atoms with van der Waals surface area (Å²) in [5.41, 5.74) is 1.17. The molecule has 1 saturated carbocycles. The maximum Gasteiger partial charge on any atom is 0.135 e. The molecule has 2 unspecified atom stereocenters. The van der Waals surface area contributed by atoms with Crippen LogP contribution >= 0.6 is 0 Å². The number of rotatable bonds is 7. The van der Waals surface area contributed by atoms with E-state index >= 15 is 0 Å². The molecule has 0 aromatic carbocycles. The molecule has 2 atom stereocenters. The van der Waals surface area contributed by atoms with Crippen molar-refractivity contribution in [2.75, 3.05) is 24.3 Å². The lowest BCUT2D eigenvalue weighted by atomic mass is 10.1. The molecule has 5 heteroatoms. The number of hydrogen-bond acceptors (Lipinski definition) is 5. The number of anilines is 2. The van der Waals surface area contributed by atoms with Gasteiger partial charge in [-0.1, -0.05) is 13.8 Å². The van der Waals surface area contributed by atoms with E-state index in [1.807, 2.05) is 0 Å². The molecule has 1 aliphatic rings. The van der Waals surface area contributed by atoms with Crippen LogP contribution in [0.25, 0.3) is 0 Å². The van der Waals surface area contributed by atoms with Crippen molar-refractivity contribution in [2.24, 2.45) is 0 Å². The minimum absolute atomic E-state index is 0.293. The van der Waals surface area contributed by atoms with Crippen LogP contribution < -0.4 is 10.6 Å². The van der Waals surface area contributed by atoms with Crippen molar-refractivity contribution < 1.29 is 4.74 Å². The summed E-state index contributed by atoms with van der Waals surface area (Å²) in [5.74, 6) is 1.91. The Balaban J connectivity index is 2.14. The standard InChI is InChI=1S/C15H26N4O/c1-4-9-16-14-11(5-2)15(18-10-17-14)19-12-7-6-8-13(12)20-3/h10,12-13H,4-9H2,1-3H3,(H2,16,17,18,19). The number of nitrogens with one attached hydrogen (secondary N) is 2. The van der Waals surface area contributed by atoms with Gasteiger partial charge in [0.05, 0.1) is 12.1 Å². The summed E-state index contributed by atoms with van der Waals surface area (Å²) in [6.07, 6.45) is 7.41. The highest BCUT2D eigenvalue weighted by Crippen LogP contribution is 2.27. The molecule has 1 aliphatic carbocycles. The lowest BCUT2D eigenvalue weighted by Crippen LogP contribution is -2.30. The Morgan fingerprint density at radius 3 is 2.75 bits per heavy atom. The first-order valence-electron chi connectivity index (χ1n) is 7.67. The molecule has 0 aliphatic heterocycles. The van der Waals surface area contributed by atoms with E-state index in [0.29, 0.717) is 12.1 Å². The Kier molecular flexibility index (Phi) is 5.59. The molecule has 1 fully saturated rings. The topological polar surface area (TPSA) is 59.1 Å². The normalized spacial score (nSPS) is 21.9. The minimum Gasteiger partial charge on any atom is -0.379 e. The second-order valence-corrected chi connectivity index (χ2v) is 5.29. The van der Waals surface area contributed by atoms with E-state index < -0.39 is 0 Å². The first-order valence-corrected chi connectivity index (χ1v) is 7.67. The lowest BCUT2D eigenvalue weighted by Gasteiger charge is -2.22. The second kappa shape index (κ2) is 7.43. The second-order valence-electron chi connectivity index (χ2n) is 5.29. The maximum atomic E-state index is 5.54. The fourth-order valence-corrected chi connectivity index (χ4v) is 2.82. The summed E-state index contributed by atoms with van der Waals surface area (Å²) in [6, 6.07) is 0.360. The van der Waals surface area contributed by atoms with E-state index in [1.165, 1.54) is 12.0 Å². The summed E-state index contributed by atoms with van der Waals surface area (Å²) in [6.45, 7) is 5.23. The predicted molar refractivity (Wildman–Crippen MR) is 82.2 cm³/mol. The van der Waals surface area contributed by atoms with Crippen LogP contribution in [0.5, 0.6) is 0 Å². The molecule has 2 N–H and O–H groups in total. The molecule has 20 heavy (non-hydrogen) atoms. The zero-order valence-electron chi connectivity index (χ0n) is 12.8. The molecule has 0 radical (unpaired) electrons. The van der Waals surface area contributed by atoms with Gasteiger partial charge in [-0.25, -0.2) is 9.97 Å². The smallest absolute Gasteiger partial charge is 0.135 e. The van der Waals surface area contributed by atoms with Crippen molar-refractivity contribution >= 4 is 11.6 Å². The van der Waals surface area contributed by atoms with Gasteiger partial charge in [0, 0.05) is 19.2 Å². The van der Waals surface area contributed by atoms with Gasteiger partial charge in [0.25, 0.3) is 0 Å². The largest absolute Gasteiger partial charge is 0.379 e. The summed E-state index contributed by atoms with van der Waals surface area (Å²) >= 11 is 0. The van der Waals surface area contributed by atoms with Crippen molar-refractivity contribution in [3.63, 3.8) is 0 Å². The molecular formula is C15H26N4O. The molecule has 0 bridgehead atoms.